The Hall–Kier alpha value is -1.58. The van der Waals surface area contributed by atoms with Crippen LogP contribution in [0, 0.1) is 0 Å². The lowest BCUT2D eigenvalue weighted by Gasteiger charge is -2.30. The lowest BCUT2D eigenvalue weighted by molar-refractivity contribution is 0.197. The summed E-state index contributed by atoms with van der Waals surface area (Å²) in [5.74, 6) is 0.914. The fraction of sp³-hybridized carbons (Fsp3) is 0.444. The Morgan fingerprint density at radius 2 is 1.95 bits per heavy atom. The first kappa shape index (κ1) is 14.4. The molecule has 1 fully saturated rings. The average Bonchev–Trinajstić information content (AvgIpc) is 3.06. The number of hydrogen-bond acceptors (Lipinski definition) is 3. The molecule has 2 aromatic rings. The summed E-state index contributed by atoms with van der Waals surface area (Å²) in [4.78, 5) is 2.49. The van der Waals surface area contributed by atoms with Gasteiger partial charge in [-0.1, -0.05) is 18.2 Å². The molecule has 3 nitrogen and oxygen atoms in total. The number of nitrogens with one attached hydrogen (secondary N) is 1. The molecule has 2 aromatic carbocycles. The molecule has 0 aromatic heterocycles. The maximum absolute atomic E-state index is 5.29. The number of hydrogen-bond donors (Lipinski definition) is 1. The quantitative estimate of drug-likeness (QED) is 0.933. The molecule has 3 heteroatoms. The molecule has 1 N–H and O–H groups in total. The van der Waals surface area contributed by atoms with E-state index in [-0.39, 0.29) is 0 Å². The average molecular weight is 284 g/mol. The van der Waals surface area contributed by atoms with Crippen LogP contribution >= 0.6 is 0 Å². The van der Waals surface area contributed by atoms with Crippen molar-refractivity contribution in [2.24, 2.45) is 0 Å². The van der Waals surface area contributed by atoms with Crippen LogP contribution in [-0.2, 0) is 0 Å². The Morgan fingerprint density at radius 1 is 1.19 bits per heavy atom. The highest BCUT2D eigenvalue weighted by molar-refractivity contribution is 5.84. The summed E-state index contributed by atoms with van der Waals surface area (Å²) in [6.07, 6.45) is 1.24. The molecule has 0 amide bonds. The molecule has 21 heavy (non-hydrogen) atoms. The van der Waals surface area contributed by atoms with Gasteiger partial charge in [0, 0.05) is 18.6 Å². The van der Waals surface area contributed by atoms with Gasteiger partial charge in [0.25, 0.3) is 0 Å². The van der Waals surface area contributed by atoms with Gasteiger partial charge in [0.15, 0.2) is 0 Å². The first-order chi connectivity index (χ1) is 10.2. The highest BCUT2D eigenvalue weighted by Crippen LogP contribution is 2.28. The van der Waals surface area contributed by atoms with E-state index in [1.165, 1.54) is 22.8 Å². The van der Waals surface area contributed by atoms with Gasteiger partial charge in [-0.2, -0.15) is 0 Å². The van der Waals surface area contributed by atoms with Crippen molar-refractivity contribution >= 4 is 10.8 Å². The van der Waals surface area contributed by atoms with Crippen LogP contribution < -0.4 is 10.1 Å². The zero-order valence-electron chi connectivity index (χ0n) is 13.1. The van der Waals surface area contributed by atoms with Gasteiger partial charge in [-0.3, -0.25) is 4.90 Å². The molecular weight excluding hydrogens is 260 g/mol. The Labute approximate surface area is 126 Å². The number of nitrogens with zero attached hydrogens (tertiary/aromatic N) is 1. The molecule has 0 radical (unpaired) electrons. The number of rotatable bonds is 4. The molecule has 0 saturated carbocycles. The number of ether oxygens (including phenoxy) is 1. The second-order valence-corrected chi connectivity index (χ2v) is 5.96. The summed E-state index contributed by atoms with van der Waals surface area (Å²) in [6, 6.07) is 14.1. The Morgan fingerprint density at radius 3 is 2.67 bits per heavy atom. The predicted molar refractivity (Wildman–Crippen MR) is 88.0 cm³/mol. The van der Waals surface area contributed by atoms with E-state index >= 15 is 0 Å². The number of likely N-dealkylation sites (N-methyl/N-ethyl adjacent to an activating group) is 1. The summed E-state index contributed by atoms with van der Waals surface area (Å²) >= 11 is 0. The minimum absolute atomic E-state index is 0.432. The van der Waals surface area contributed by atoms with Crippen molar-refractivity contribution in [2.45, 2.75) is 25.4 Å². The van der Waals surface area contributed by atoms with Crippen LogP contribution in [0.3, 0.4) is 0 Å². The molecule has 2 atom stereocenters. The zero-order valence-corrected chi connectivity index (χ0v) is 13.1. The van der Waals surface area contributed by atoms with Gasteiger partial charge in [-0.05, 0) is 61.5 Å². The van der Waals surface area contributed by atoms with Crippen molar-refractivity contribution in [2.75, 3.05) is 27.2 Å². The topological polar surface area (TPSA) is 24.5 Å². The first-order valence-corrected chi connectivity index (χ1v) is 7.69. The molecule has 1 aliphatic heterocycles. The lowest BCUT2D eigenvalue weighted by atomic mass is 10.0. The second-order valence-electron chi connectivity index (χ2n) is 5.96. The minimum Gasteiger partial charge on any atom is -0.497 e. The molecule has 1 aliphatic rings. The van der Waals surface area contributed by atoms with Crippen LogP contribution in [0.25, 0.3) is 10.8 Å². The second kappa shape index (κ2) is 6.04. The van der Waals surface area contributed by atoms with E-state index in [4.69, 9.17) is 4.74 Å². The summed E-state index contributed by atoms with van der Waals surface area (Å²) in [6.45, 7) is 4.54. The molecule has 1 saturated heterocycles. The van der Waals surface area contributed by atoms with Crippen LogP contribution in [0.4, 0.5) is 0 Å². The van der Waals surface area contributed by atoms with Crippen molar-refractivity contribution in [3.05, 3.63) is 42.0 Å². The normalized spacial score (nSPS) is 20.1. The van der Waals surface area contributed by atoms with E-state index in [0.29, 0.717) is 12.1 Å². The van der Waals surface area contributed by atoms with Crippen molar-refractivity contribution in [3.63, 3.8) is 0 Å². The minimum atomic E-state index is 0.432. The highest BCUT2D eigenvalue weighted by Gasteiger charge is 2.23. The molecule has 3 rings (SSSR count). The molecule has 2 unspecified atom stereocenters. The fourth-order valence-corrected chi connectivity index (χ4v) is 3.17. The zero-order chi connectivity index (χ0) is 14.8. The Bertz CT molecular complexity index is 620. The molecule has 0 bridgehead atoms. The van der Waals surface area contributed by atoms with E-state index in [1.807, 2.05) is 6.07 Å². The number of fused-ring (bicyclic) bond motifs is 1. The van der Waals surface area contributed by atoms with Crippen LogP contribution in [0.15, 0.2) is 36.4 Å². The predicted octanol–water partition coefficient (Wildman–Crippen LogP) is 3.20. The van der Waals surface area contributed by atoms with Crippen LogP contribution in [0.1, 0.15) is 24.9 Å². The largest absolute Gasteiger partial charge is 0.497 e. The summed E-state index contributed by atoms with van der Waals surface area (Å²) in [5.41, 5.74) is 1.38. The van der Waals surface area contributed by atoms with E-state index in [2.05, 4.69) is 54.5 Å². The lowest BCUT2D eigenvalue weighted by Crippen LogP contribution is -2.35. The van der Waals surface area contributed by atoms with Crippen molar-refractivity contribution < 1.29 is 4.74 Å². The first-order valence-electron chi connectivity index (χ1n) is 7.69. The molecule has 112 valence electrons. The Balaban J connectivity index is 1.85. The van der Waals surface area contributed by atoms with Crippen LogP contribution in [0.5, 0.6) is 5.75 Å². The highest BCUT2D eigenvalue weighted by atomic mass is 16.5. The van der Waals surface area contributed by atoms with Crippen molar-refractivity contribution in [1.82, 2.24) is 10.2 Å². The van der Waals surface area contributed by atoms with Gasteiger partial charge in [0.2, 0.25) is 0 Å². The Kier molecular flexibility index (Phi) is 4.13. The van der Waals surface area contributed by atoms with E-state index in [1.54, 1.807) is 7.11 Å². The van der Waals surface area contributed by atoms with Crippen molar-refractivity contribution in [1.29, 1.82) is 0 Å². The maximum Gasteiger partial charge on any atom is 0.119 e. The maximum atomic E-state index is 5.29. The van der Waals surface area contributed by atoms with Gasteiger partial charge >= 0.3 is 0 Å². The third-order valence-corrected chi connectivity index (χ3v) is 4.78. The van der Waals surface area contributed by atoms with Crippen LogP contribution in [0.2, 0.25) is 0 Å². The summed E-state index contributed by atoms with van der Waals surface area (Å²) in [5, 5.41) is 5.95. The van der Waals surface area contributed by atoms with E-state index < -0.39 is 0 Å². The monoisotopic (exact) mass is 284 g/mol. The number of methoxy groups -OCH3 is 1. The van der Waals surface area contributed by atoms with Crippen LogP contribution in [-0.4, -0.2) is 38.2 Å². The summed E-state index contributed by atoms with van der Waals surface area (Å²) in [7, 11) is 3.95. The fourth-order valence-electron chi connectivity index (χ4n) is 3.17. The standard InChI is InChI=1S/C18H24N2O/c1-13(20(2)17-8-9-19-12-17)14-4-5-16-11-18(21-3)7-6-15(16)10-14/h4-7,10-11,13,17,19H,8-9,12H2,1-3H3. The van der Waals surface area contributed by atoms with E-state index in [0.717, 1.165) is 18.8 Å². The molecule has 0 aliphatic carbocycles. The van der Waals surface area contributed by atoms with Gasteiger partial charge in [-0.15, -0.1) is 0 Å². The smallest absolute Gasteiger partial charge is 0.119 e. The third-order valence-electron chi connectivity index (χ3n) is 4.78. The van der Waals surface area contributed by atoms with Crippen molar-refractivity contribution in [3.8, 4) is 5.75 Å². The van der Waals surface area contributed by atoms with Gasteiger partial charge < -0.3 is 10.1 Å². The van der Waals surface area contributed by atoms with Gasteiger partial charge in [0.05, 0.1) is 7.11 Å². The summed E-state index contributed by atoms with van der Waals surface area (Å²) < 4.78 is 5.29. The molecule has 1 heterocycles. The molecular formula is C18H24N2O. The van der Waals surface area contributed by atoms with E-state index in [9.17, 15) is 0 Å². The SMILES string of the molecule is COc1ccc2cc(C(C)N(C)C3CCNC3)ccc2c1. The number of benzene rings is 2. The third kappa shape index (κ3) is 2.89. The van der Waals surface area contributed by atoms with Gasteiger partial charge in [0.1, 0.15) is 5.75 Å². The molecule has 0 spiro atoms. The van der Waals surface area contributed by atoms with Gasteiger partial charge in [-0.25, -0.2) is 0 Å².